The normalized spacial score (nSPS) is 13.5. The number of hydrogen-bond acceptors (Lipinski definition) is 2. The summed E-state index contributed by atoms with van der Waals surface area (Å²) in [7, 11) is 0. The first-order valence-corrected chi connectivity index (χ1v) is 6.03. The third kappa shape index (κ3) is 10.3. The highest BCUT2D eigenvalue weighted by Crippen LogP contribution is 2.09. The molecule has 0 saturated heterocycles. The average Bonchev–Trinajstić information content (AvgIpc) is 2.10. The molecule has 0 fully saturated rings. The van der Waals surface area contributed by atoms with E-state index < -0.39 is 0 Å². The van der Waals surface area contributed by atoms with Gasteiger partial charge in [-0.05, 0) is 18.8 Å². The summed E-state index contributed by atoms with van der Waals surface area (Å²) < 4.78 is 5.34. The Kier molecular flexibility index (Phi) is 9.90. The van der Waals surface area contributed by atoms with Crippen LogP contribution in [0.25, 0.3) is 0 Å². The van der Waals surface area contributed by atoms with Crippen LogP contribution in [0.2, 0.25) is 0 Å². The summed E-state index contributed by atoms with van der Waals surface area (Å²) in [5.41, 5.74) is 0. The minimum absolute atomic E-state index is 0.251. The molecule has 0 aromatic carbocycles. The number of ether oxygens (including phenoxy) is 1. The maximum atomic E-state index is 6.11. The van der Waals surface area contributed by atoms with Crippen molar-refractivity contribution in [3.8, 4) is 0 Å². The minimum Gasteiger partial charge on any atom is -0.380 e. The summed E-state index contributed by atoms with van der Waals surface area (Å²) >= 11 is 6.11. The van der Waals surface area contributed by atoms with E-state index in [0.29, 0.717) is 5.92 Å². The number of halogens is 1. The summed E-state index contributed by atoms with van der Waals surface area (Å²) in [5.74, 6) is 0.677. The first kappa shape index (κ1) is 14.2. The van der Waals surface area contributed by atoms with Crippen molar-refractivity contribution in [1.82, 2.24) is 5.32 Å². The zero-order chi connectivity index (χ0) is 10.8. The molecule has 14 heavy (non-hydrogen) atoms. The van der Waals surface area contributed by atoms with Gasteiger partial charge in [-0.3, -0.25) is 0 Å². The predicted octanol–water partition coefficient (Wildman–Crippen LogP) is 2.66. The molecule has 86 valence electrons. The lowest BCUT2D eigenvalue weighted by molar-refractivity contribution is 0.136. The van der Waals surface area contributed by atoms with Crippen molar-refractivity contribution >= 4 is 11.6 Å². The van der Waals surface area contributed by atoms with Crippen molar-refractivity contribution in [3.05, 3.63) is 0 Å². The lowest BCUT2D eigenvalue weighted by Crippen LogP contribution is -2.27. The molecule has 1 N–H and O–H groups in total. The van der Waals surface area contributed by atoms with E-state index in [1.165, 1.54) is 0 Å². The molecule has 0 spiro atoms. The lowest BCUT2D eigenvalue weighted by Gasteiger charge is -2.12. The Labute approximate surface area is 93.4 Å². The van der Waals surface area contributed by atoms with E-state index in [1.54, 1.807) is 0 Å². The van der Waals surface area contributed by atoms with Gasteiger partial charge in [0.25, 0.3) is 0 Å². The Balaban J connectivity index is 3.10. The second-order valence-corrected chi connectivity index (χ2v) is 4.66. The summed E-state index contributed by atoms with van der Waals surface area (Å²) in [6, 6.07) is 0. The van der Waals surface area contributed by atoms with Gasteiger partial charge in [0.2, 0.25) is 0 Å². The van der Waals surface area contributed by atoms with Gasteiger partial charge < -0.3 is 10.1 Å². The SMILES string of the molecule is CCCOCCNCC(Cl)CC(C)C. The molecule has 1 atom stereocenters. The number of nitrogens with one attached hydrogen (secondary N) is 1. The van der Waals surface area contributed by atoms with Crippen LogP contribution in [0.4, 0.5) is 0 Å². The smallest absolute Gasteiger partial charge is 0.0590 e. The molecule has 0 aromatic heterocycles. The fourth-order valence-electron chi connectivity index (χ4n) is 1.24. The average molecular weight is 222 g/mol. The van der Waals surface area contributed by atoms with Crippen LogP contribution in [-0.2, 0) is 4.74 Å². The fourth-order valence-corrected chi connectivity index (χ4v) is 1.71. The molecule has 0 saturated carbocycles. The van der Waals surface area contributed by atoms with E-state index in [4.69, 9.17) is 16.3 Å². The first-order valence-electron chi connectivity index (χ1n) is 5.59. The maximum absolute atomic E-state index is 6.11. The van der Waals surface area contributed by atoms with Crippen LogP contribution in [0.15, 0.2) is 0 Å². The third-order valence-electron chi connectivity index (χ3n) is 1.86. The van der Waals surface area contributed by atoms with Gasteiger partial charge in [-0.15, -0.1) is 11.6 Å². The molecule has 0 aliphatic carbocycles. The molecule has 0 aliphatic heterocycles. The van der Waals surface area contributed by atoms with Crippen molar-refractivity contribution < 1.29 is 4.74 Å². The van der Waals surface area contributed by atoms with Crippen LogP contribution in [0.5, 0.6) is 0 Å². The molecule has 0 amide bonds. The highest BCUT2D eigenvalue weighted by atomic mass is 35.5. The van der Waals surface area contributed by atoms with Crippen molar-refractivity contribution in [2.45, 2.75) is 39.0 Å². The van der Waals surface area contributed by atoms with Gasteiger partial charge in [-0.25, -0.2) is 0 Å². The number of hydrogen-bond donors (Lipinski definition) is 1. The zero-order valence-corrected chi connectivity index (χ0v) is 10.4. The molecular weight excluding hydrogens is 198 g/mol. The standard InChI is InChI=1S/C11H24ClNO/c1-4-6-14-7-5-13-9-11(12)8-10(2)3/h10-11,13H,4-9H2,1-3H3. The lowest BCUT2D eigenvalue weighted by atomic mass is 10.1. The van der Waals surface area contributed by atoms with Gasteiger partial charge in [-0.2, -0.15) is 0 Å². The van der Waals surface area contributed by atoms with Gasteiger partial charge in [0.05, 0.1) is 6.61 Å². The molecule has 0 rings (SSSR count). The Morgan fingerprint density at radius 2 is 2.00 bits per heavy atom. The molecule has 2 nitrogen and oxygen atoms in total. The van der Waals surface area contributed by atoms with Gasteiger partial charge in [0, 0.05) is 25.1 Å². The first-order chi connectivity index (χ1) is 6.66. The van der Waals surface area contributed by atoms with Gasteiger partial charge >= 0.3 is 0 Å². The molecule has 0 aromatic rings. The van der Waals surface area contributed by atoms with Gasteiger partial charge in [-0.1, -0.05) is 20.8 Å². The van der Waals surface area contributed by atoms with E-state index in [9.17, 15) is 0 Å². The molecule has 0 radical (unpaired) electrons. The van der Waals surface area contributed by atoms with Crippen molar-refractivity contribution in [2.24, 2.45) is 5.92 Å². The summed E-state index contributed by atoms with van der Waals surface area (Å²) in [6.07, 6.45) is 2.16. The fraction of sp³-hybridized carbons (Fsp3) is 1.00. The summed E-state index contributed by atoms with van der Waals surface area (Å²) in [5, 5.41) is 3.54. The second kappa shape index (κ2) is 9.75. The van der Waals surface area contributed by atoms with E-state index in [1.807, 2.05) is 0 Å². The van der Waals surface area contributed by atoms with E-state index in [0.717, 1.165) is 39.1 Å². The van der Waals surface area contributed by atoms with Crippen LogP contribution in [0, 0.1) is 5.92 Å². The van der Waals surface area contributed by atoms with Crippen LogP contribution < -0.4 is 5.32 Å². The predicted molar refractivity (Wildman–Crippen MR) is 63.1 cm³/mol. The van der Waals surface area contributed by atoms with Crippen molar-refractivity contribution in [1.29, 1.82) is 0 Å². The second-order valence-electron chi connectivity index (χ2n) is 4.04. The summed E-state index contributed by atoms with van der Waals surface area (Å²) in [4.78, 5) is 0. The van der Waals surface area contributed by atoms with Crippen LogP contribution in [0.3, 0.4) is 0 Å². The zero-order valence-electron chi connectivity index (χ0n) is 9.68. The van der Waals surface area contributed by atoms with Gasteiger partial charge in [0.1, 0.15) is 0 Å². The van der Waals surface area contributed by atoms with Crippen LogP contribution in [0.1, 0.15) is 33.6 Å². The topological polar surface area (TPSA) is 21.3 Å². The Hall–Kier alpha value is 0.210. The summed E-state index contributed by atoms with van der Waals surface area (Å²) in [6.45, 7) is 9.94. The Bertz CT molecular complexity index is 120. The van der Waals surface area contributed by atoms with Crippen molar-refractivity contribution in [3.63, 3.8) is 0 Å². The molecular formula is C11H24ClNO. The molecule has 0 heterocycles. The molecule has 1 unspecified atom stereocenters. The highest BCUT2D eigenvalue weighted by molar-refractivity contribution is 6.20. The monoisotopic (exact) mass is 221 g/mol. The van der Waals surface area contributed by atoms with E-state index in [2.05, 4.69) is 26.1 Å². The number of alkyl halides is 1. The quantitative estimate of drug-likeness (QED) is 0.478. The maximum Gasteiger partial charge on any atom is 0.0590 e. The largest absolute Gasteiger partial charge is 0.380 e. The highest BCUT2D eigenvalue weighted by Gasteiger charge is 2.05. The minimum atomic E-state index is 0.251. The molecule has 0 aliphatic rings. The number of rotatable bonds is 9. The Morgan fingerprint density at radius 3 is 2.57 bits per heavy atom. The van der Waals surface area contributed by atoms with E-state index in [-0.39, 0.29) is 5.38 Å². The third-order valence-corrected chi connectivity index (χ3v) is 2.20. The van der Waals surface area contributed by atoms with Gasteiger partial charge in [0.15, 0.2) is 0 Å². The molecule has 3 heteroatoms. The van der Waals surface area contributed by atoms with E-state index >= 15 is 0 Å². The van der Waals surface area contributed by atoms with Crippen LogP contribution >= 0.6 is 11.6 Å². The van der Waals surface area contributed by atoms with Crippen molar-refractivity contribution in [2.75, 3.05) is 26.3 Å². The Morgan fingerprint density at radius 1 is 1.29 bits per heavy atom. The van der Waals surface area contributed by atoms with Crippen LogP contribution in [-0.4, -0.2) is 31.7 Å². The molecule has 0 bridgehead atoms.